The molecule has 1 aliphatic carbocycles. The van der Waals surface area contributed by atoms with Crippen LogP contribution in [0.3, 0.4) is 0 Å². The van der Waals surface area contributed by atoms with Gasteiger partial charge in [0.05, 0.1) is 5.41 Å². The Hall–Kier alpha value is -5.60. The Balaban J connectivity index is 1.51. The quantitative estimate of drug-likeness (QED) is 0.225. The van der Waals surface area contributed by atoms with Gasteiger partial charge in [-0.25, -0.2) is 0 Å². The Morgan fingerprint density at radius 3 is 1.53 bits per heavy atom. The number of phenols is 2. The molecule has 8 aromatic rings. The first-order chi connectivity index (χ1) is 21.1. The summed E-state index contributed by atoms with van der Waals surface area (Å²) in [5.74, 6) is 0.531. The molecule has 0 aromatic heterocycles. The van der Waals surface area contributed by atoms with E-state index < -0.39 is 5.41 Å². The maximum atomic E-state index is 10.2. The third kappa shape index (κ3) is 3.29. The van der Waals surface area contributed by atoms with E-state index in [9.17, 15) is 10.2 Å². The molecular weight excluding hydrogens is 524 g/mol. The minimum Gasteiger partial charge on any atom is -0.508 e. The fourth-order valence-corrected chi connectivity index (χ4v) is 7.59. The van der Waals surface area contributed by atoms with Gasteiger partial charge in [0.15, 0.2) is 0 Å². The van der Waals surface area contributed by atoms with Crippen molar-refractivity contribution in [2.75, 3.05) is 0 Å². The van der Waals surface area contributed by atoms with Crippen LogP contribution < -0.4 is 0 Å². The molecule has 8 aromatic carbocycles. The van der Waals surface area contributed by atoms with Gasteiger partial charge in [-0.3, -0.25) is 0 Å². The van der Waals surface area contributed by atoms with Gasteiger partial charge in [-0.2, -0.15) is 0 Å². The molecule has 202 valence electrons. The fraction of sp³-hybridized carbons (Fsp3) is 0.0244. The molecular formula is C41H26O2. The molecule has 0 amide bonds. The molecule has 0 unspecified atom stereocenters. The number of phenolic OH excluding ortho intramolecular Hbond substituents is 2. The summed E-state index contributed by atoms with van der Waals surface area (Å²) in [6.45, 7) is 0. The Morgan fingerprint density at radius 1 is 0.395 bits per heavy atom. The number of rotatable bonds is 2. The summed E-state index contributed by atoms with van der Waals surface area (Å²) in [5.41, 5.74) is 6.80. The summed E-state index contributed by atoms with van der Waals surface area (Å²) >= 11 is 0. The highest BCUT2D eigenvalue weighted by Gasteiger charge is 2.48. The van der Waals surface area contributed by atoms with Gasteiger partial charge in [-0.1, -0.05) is 109 Å². The van der Waals surface area contributed by atoms with Crippen LogP contribution in [0.5, 0.6) is 11.5 Å². The van der Waals surface area contributed by atoms with Crippen molar-refractivity contribution >= 4 is 43.1 Å². The van der Waals surface area contributed by atoms with Gasteiger partial charge in [0.1, 0.15) is 11.5 Å². The summed E-state index contributed by atoms with van der Waals surface area (Å²) in [6, 6.07) is 51.1. The van der Waals surface area contributed by atoms with Crippen molar-refractivity contribution in [3.63, 3.8) is 0 Å². The topological polar surface area (TPSA) is 40.5 Å². The molecule has 2 heteroatoms. The summed E-state index contributed by atoms with van der Waals surface area (Å²) in [6.07, 6.45) is 0. The number of hydrogen-bond acceptors (Lipinski definition) is 2. The second-order valence-electron chi connectivity index (χ2n) is 11.7. The Bertz CT molecular complexity index is 2350. The standard InChI is InChI=1S/C41H26O2/c42-33-17-11-27-21-31(15-9-29(27)23-33)41(32-16-10-30-24-34(43)18-12-28(30)22-32)38-20-14-25-5-1-3-7-35(25)39(38)37-19-13-26-6-2-4-8-36(26)40(37)41/h1-24,42-43H. The lowest BCUT2D eigenvalue weighted by molar-refractivity contribution is 0.475. The van der Waals surface area contributed by atoms with E-state index in [1.807, 2.05) is 24.3 Å². The molecule has 0 fully saturated rings. The minimum absolute atomic E-state index is 0.266. The van der Waals surface area contributed by atoms with Crippen molar-refractivity contribution in [2.24, 2.45) is 0 Å². The van der Waals surface area contributed by atoms with Crippen molar-refractivity contribution in [2.45, 2.75) is 5.41 Å². The van der Waals surface area contributed by atoms with Gasteiger partial charge in [0.2, 0.25) is 0 Å². The monoisotopic (exact) mass is 550 g/mol. The highest BCUT2D eigenvalue weighted by molar-refractivity contribution is 6.09. The SMILES string of the molecule is Oc1ccc2cc(C3(c4ccc5cc(O)ccc5c4)c4ccc5ccccc5c4-c4ccc5ccccc5c43)ccc2c1. The minimum atomic E-state index is -0.617. The molecule has 43 heavy (non-hydrogen) atoms. The normalized spacial score (nSPS) is 13.5. The molecule has 0 atom stereocenters. The lowest BCUT2D eigenvalue weighted by Crippen LogP contribution is -2.29. The predicted molar refractivity (Wildman–Crippen MR) is 177 cm³/mol. The van der Waals surface area contributed by atoms with Crippen molar-refractivity contribution < 1.29 is 10.2 Å². The number of hydrogen-bond donors (Lipinski definition) is 2. The first kappa shape index (κ1) is 24.0. The average Bonchev–Trinajstić information content (AvgIpc) is 3.36. The van der Waals surface area contributed by atoms with Crippen LogP contribution in [-0.4, -0.2) is 10.2 Å². The van der Waals surface area contributed by atoms with Gasteiger partial charge >= 0.3 is 0 Å². The van der Waals surface area contributed by atoms with Crippen LogP contribution in [0.2, 0.25) is 0 Å². The summed E-state index contributed by atoms with van der Waals surface area (Å²) in [4.78, 5) is 0. The molecule has 0 heterocycles. The van der Waals surface area contributed by atoms with Crippen molar-refractivity contribution in [3.8, 4) is 22.6 Å². The van der Waals surface area contributed by atoms with E-state index in [0.717, 1.165) is 21.5 Å². The lowest BCUT2D eigenvalue weighted by atomic mass is 9.66. The maximum absolute atomic E-state index is 10.2. The van der Waals surface area contributed by atoms with Crippen LogP contribution in [0.1, 0.15) is 22.3 Å². The van der Waals surface area contributed by atoms with Gasteiger partial charge in [0.25, 0.3) is 0 Å². The van der Waals surface area contributed by atoms with Crippen molar-refractivity contribution in [3.05, 3.63) is 168 Å². The maximum Gasteiger partial charge on any atom is 0.116 e. The third-order valence-corrected chi connectivity index (χ3v) is 9.42. The Morgan fingerprint density at radius 2 is 0.884 bits per heavy atom. The molecule has 2 N–H and O–H groups in total. The molecule has 0 saturated carbocycles. The first-order valence-electron chi connectivity index (χ1n) is 14.6. The van der Waals surface area contributed by atoms with Gasteiger partial charge < -0.3 is 10.2 Å². The highest BCUT2D eigenvalue weighted by Crippen LogP contribution is 2.60. The van der Waals surface area contributed by atoms with Crippen LogP contribution in [0.15, 0.2) is 146 Å². The molecule has 0 spiro atoms. The van der Waals surface area contributed by atoms with E-state index in [0.29, 0.717) is 0 Å². The van der Waals surface area contributed by atoms with E-state index in [1.54, 1.807) is 12.1 Å². The van der Waals surface area contributed by atoms with E-state index in [1.165, 1.54) is 54.9 Å². The number of aromatic hydroxyl groups is 2. The zero-order valence-corrected chi connectivity index (χ0v) is 23.3. The second-order valence-corrected chi connectivity index (χ2v) is 11.7. The predicted octanol–water partition coefficient (Wildman–Crippen LogP) is 10.1. The largest absolute Gasteiger partial charge is 0.508 e. The van der Waals surface area contributed by atoms with E-state index in [4.69, 9.17) is 0 Å². The van der Waals surface area contributed by atoms with Crippen LogP contribution in [0, 0.1) is 0 Å². The number of benzene rings is 8. The van der Waals surface area contributed by atoms with E-state index >= 15 is 0 Å². The summed E-state index contributed by atoms with van der Waals surface area (Å²) in [7, 11) is 0. The van der Waals surface area contributed by atoms with Crippen LogP contribution in [0.4, 0.5) is 0 Å². The molecule has 0 aliphatic heterocycles. The van der Waals surface area contributed by atoms with Crippen molar-refractivity contribution in [1.82, 2.24) is 0 Å². The Labute approximate surface area is 248 Å². The van der Waals surface area contributed by atoms with Gasteiger partial charge in [0, 0.05) is 0 Å². The first-order valence-corrected chi connectivity index (χ1v) is 14.6. The third-order valence-electron chi connectivity index (χ3n) is 9.42. The fourth-order valence-electron chi connectivity index (χ4n) is 7.59. The zero-order valence-electron chi connectivity index (χ0n) is 23.3. The van der Waals surface area contributed by atoms with Crippen LogP contribution >= 0.6 is 0 Å². The second kappa shape index (κ2) is 8.70. The molecule has 0 bridgehead atoms. The van der Waals surface area contributed by atoms with Gasteiger partial charge in [-0.15, -0.1) is 0 Å². The number of fused-ring (bicyclic) bond motifs is 9. The lowest BCUT2D eigenvalue weighted by Gasteiger charge is -2.35. The summed E-state index contributed by atoms with van der Waals surface area (Å²) < 4.78 is 0. The molecule has 1 aliphatic rings. The smallest absolute Gasteiger partial charge is 0.116 e. The zero-order chi connectivity index (χ0) is 28.7. The molecule has 0 saturated heterocycles. The van der Waals surface area contributed by atoms with Gasteiger partial charge in [-0.05, 0) is 113 Å². The molecule has 2 nitrogen and oxygen atoms in total. The molecule has 9 rings (SSSR count). The highest BCUT2D eigenvalue weighted by atomic mass is 16.3. The Kier molecular flexibility index (Phi) is 4.87. The average molecular weight is 551 g/mol. The summed E-state index contributed by atoms with van der Waals surface area (Å²) in [5, 5.41) is 29.5. The van der Waals surface area contributed by atoms with Crippen molar-refractivity contribution in [1.29, 1.82) is 0 Å². The van der Waals surface area contributed by atoms with E-state index in [-0.39, 0.29) is 11.5 Å². The molecule has 0 radical (unpaired) electrons. The van der Waals surface area contributed by atoms with Crippen LogP contribution in [-0.2, 0) is 5.41 Å². The van der Waals surface area contributed by atoms with E-state index in [2.05, 4.69) is 109 Å². The van der Waals surface area contributed by atoms with Crippen LogP contribution in [0.25, 0.3) is 54.2 Å².